The van der Waals surface area contributed by atoms with Gasteiger partial charge in [-0.2, -0.15) is 0 Å². The van der Waals surface area contributed by atoms with Crippen molar-refractivity contribution in [3.8, 4) is 0 Å². The normalized spacial score (nSPS) is 19.0. The summed E-state index contributed by atoms with van der Waals surface area (Å²) in [7, 11) is 0. The predicted octanol–water partition coefficient (Wildman–Crippen LogP) is 1.87. The molecule has 2 aliphatic rings. The minimum atomic E-state index is -0.974. The Kier molecular flexibility index (Phi) is 5.95. The molecule has 3 heterocycles. The first kappa shape index (κ1) is 17.7. The van der Waals surface area contributed by atoms with E-state index in [-0.39, 0.29) is 36.0 Å². The van der Waals surface area contributed by atoms with E-state index in [1.54, 1.807) is 12.1 Å². The molecule has 0 aliphatic carbocycles. The van der Waals surface area contributed by atoms with E-state index in [0.717, 1.165) is 38.1 Å². The van der Waals surface area contributed by atoms with Gasteiger partial charge in [0.2, 0.25) is 0 Å². The summed E-state index contributed by atoms with van der Waals surface area (Å²) in [4.78, 5) is 20.5. The van der Waals surface area contributed by atoms with Gasteiger partial charge in [0.1, 0.15) is 11.3 Å². The highest BCUT2D eigenvalue weighted by Gasteiger charge is 2.40. The Balaban J connectivity index is 0.00000110. The zero-order valence-corrected chi connectivity index (χ0v) is 12.9. The van der Waals surface area contributed by atoms with Crippen LogP contribution in [0.25, 0.3) is 0 Å². The van der Waals surface area contributed by atoms with Crippen LogP contribution in [-0.2, 0) is 4.84 Å². The molecule has 1 saturated heterocycles. The van der Waals surface area contributed by atoms with E-state index in [4.69, 9.17) is 9.94 Å². The lowest BCUT2D eigenvalue weighted by atomic mass is 9.87. The molecule has 8 heteroatoms. The summed E-state index contributed by atoms with van der Waals surface area (Å²) in [6.07, 6.45) is 3.97. The average molecular weight is 334 g/mol. The van der Waals surface area contributed by atoms with E-state index in [0.29, 0.717) is 5.69 Å². The van der Waals surface area contributed by atoms with Crippen molar-refractivity contribution in [3.63, 3.8) is 0 Å². The van der Waals surface area contributed by atoms with Crippen LogP contribution in [0.1, 0.15) is 35.3 Å². The number of halogens is 2. The van der Waals surface area contributed by atoms with Gasteiger partial charge in [-0.15, -0.1) is 24.8 Å². The van der Waals surface area contributed by atoms with Crippen molar-refractivity contribution in [2.45, 2.75) is 24.9 Å². The van der Waals surface area contributed by atoms with Gasteiger partial charge in [0.15, 0.2) is 0 Å². The number of aromatic carboxylic acids is 1. The fourth-order valence-electron chi connectivity index (χ4n) is 2.50. The van der Waals surface area contributed by atoms with Crippen molar-refractivity contribution in [1.29, 1.82) is 0 Å². The van der Waals surface area contributed by atoms with Gasteiger partial charge in [0, 0.05) is 25.5 Å². The summed E-state index contributed by atoms with van der Waals surface area (Å²) < 4.78 is 0. The zero-order chi connectivity index (χ0) is 13.3. The number of aromatic nitrogens is 1. The second kappa shape index (κ2) is 7.06. The van der Waals surface area contributed by atoms with Crippen molar-refractivity contribution in [3.05, 3.63) is 29.6 Å². The second-order valence-electron chi connectivity index (χ2n) is 4.98. The Morgan fingerprint density at radius 3 is 2.57 bits per heavy atom. The van der Waals surface area contributed by atoms with Gasteiger partial charge in [0.05, 0.1) is 11.3 Å². The summed E-state index contributed by atoms with van der Waals surface area (Å²) in [5.74, 6) is -0.974. The maximum absolute atomic E-state index is 10.8. The van der Waals surface area contributed by atoms with Crippen molar-refractivity contribution in [2.75, 3.05) is 13.1 Å². The van der Waals surface area contributed by atoms with E-state index in [1.807, 2.05) is 0 Å². The fraction of sp³-hybridized carbons (Fsp3) is 0.462. The number of nitrogens with zero attached hydrogens (tertiary/aromatic N) is 2. The number of pyridine rings is 1. The van der Waals surface area contributed by atoms with Gasteiger partial charge in [-0.1, -0.05) is 5.16 Å². The Morgan fingerprint density at radius 1 is 1.29 bits per heavy atom. The molecule has 0 unspecified atom stereocenters. The molecular formula is C13H17Cl2N3O3. The third-order valence-electron chi connectivity index (χ3n) is 3.66. The second-order valence-corrected chi connectivity index (χ2v) is 4.98. The molecule has 1 spiro atoms. The molecule has 0 bridgehead atoms. The van der Waals surface area contributed by atoms with Crippen LogP contribution in [0, 0.1) is 0 Å². The molecule has 6 nitrogen and oxygen atoms in total. The summed E-state index contributed by atoms with van der Waals surface area (Å²) in [6.45, 7) is 1.88. The van der Waals surface area contributed by atoms with E-state index in [1.165, 1.54) is 6.20 Å². The first-order valence-electron chi connectivity index (χ1n) is 6.34. The largest absolute Gasteiger partial charge is 0.478 e. The molecule has 3 rings (SSSR count). The van der Waals surface area contributed by atoms with Crippen LogP contribution in [0.2, 0.25) is 0 Å². The van der Waals surface area contributed by atoms with Crippen LogP contribution >= 0.6 is 24.8 Å². The van der Waals surface area contributed by atoms with Crippen LogP contribution in [-0.4, -0.2) is 40.5 Å². The minimum Gasteiger partial charge on any atom is -0.478 e. The highest BCUT2D eigenvalue weighted by atomic mass is 35.5. The van der Waals surface area contributed by atoms with Gasteiger partial charge in [-0.3, -0.25) is 4.98 Å². The quantitative estimate of drug-likeness (QED) is 0.863. The molecule has 0 atom stereocenters. The number of carboxylic acid groups (broad SMARTS) is 1. The van der Waals surface area contributed by atoms with Crippen LogP contribution in [0.5, 0.6) is 0 Å². The van der Waals surface area contributed by atoms with Gasteiger partial charge in [0.25, 0.3) is 0 Å². The summed E-state index contributed by atoms with van der Waals surface area (Å²) in [5, 5.41) is 16.3. The van der Waals surface area contributed by atoms with Crippen LogP contribution in [0.15, 0.2) is 23.5 Å². The molecule has 0 amide bonds. The lowest BCUT2D eigenvalue weighted by Gasteiger charge is -2.30. The van der Waals surface area contributed by atoms with Crippen molar-refractivity contribution in [1.82, 2.24) is 10.3 Å². The van der Waals surface area contributed by atoms with Gasteiger partial charge >= 0.3 is 5.97 Å². The SMILES string of the molecule is Cl.Cl.O=C(O)c1ccc(C2=NOC3(CCNCC3)C2)nc1. The number of rotatable bonds is 2. The number of hydrogen-bond donors (Lipinski definition) is 2. The van der Waals surface area contributed by atoms with Crippen molar-refractivity contribution in [2.24, 2.45) is 5.16 Å². The molecule has 1 aromatic rings. The maximum atomic E-state index is 10.8. The molecule has 1 fully saturated rings. The standard InChI is InChI=1S/C13H15N3O3.2ClH/c17-12(18)9-1-2-10(15-8-9)11-7-13(19-16-11)3-5-14-6-4-13;;/h1-2,8,14H,3-7H2,(H,17,18);2*1H. The first-order valence-corrected chi connectivity index (χ1v) is 6.34. The van der Waals surface area contributed by atoms with E-state index >= 15 is 0 Å². The highest BCUT2D eigenvalue weighted by Crippen LogP contribution is 2.33. The number of carboxylic acids is 1. The highest BCUT2D eigenvalue weighted by molar-refractivity contribution is 6.00. The number of hydrogen-bond acceptors (Lipinski definition) is 5. The number of piperidine rings is 1. The predicted molar refractivity (Wildman–Crippen MR) is 82.8 cm³/mol. The maximum Gasteiger partial charge on any atom is 0.337 e. The van der Waals surface area contributed by atoms with Crippen molar-refractivity contribution >= 4 is 36.5 Å². The van der Waals surface area contributed by atoms with E-state index in [9.17, 15) is 4.79 Å². The van der Waals surface area contributed by atoms with Gasteiger partial charge < -0.3 is 15.3 Å². The molecule has 0 aromatic carbocycles. The first-order chi connectivity index (χ1) is 9.19. The van der Waals surface area contributed by atoms with Gasteiger partial charge in [-0.25, -0.2) is 4.79 Å². The minimum absolute atomic E-state index is 0. The monoisotopic (exact) mass is 333 g/mol. The Hall–Kier alpha value is -1.37. The zero-order valence-electron chi connectivity index (χ0n) is 11.2. The van der Waals surface area contributed by atoms with Crippen LogP contribution in [0.4, 0.5) is 0 Å². The number of carbonyl (C=O) groups is 1. The molecular weight excluding hydrogens is 317 g/mol. The third-order valence-corrected chi connectivity index (χ3v) is 3.66. The smallest absolute Gasteiger partial charge is 0.337 e. The molecule has 0 radical (unpaired) electrons. The topological polar surface area (TPSA) is 83.8 Å². The molecule has 116 valence electrons. The lowest BCUT2D eigenvalue weighted by Crippen LogP contribution is -2.42. The summed E-state index contributed by atoms with van der Waals surface area (Å²) in [6, 6.07) is 3.23. The van der Waals surface area contributed by atoms with Crippen LogP contribution in [0.3, 0.4) is 0 Å². The summed E-state index contributed by atoms with van der Waals surface area (Å²) >= 11 is 0. The fourth-order valence-corrected chi connectivity index (χ4v) is 2.50. The number of oxime groups is 1. The van der Waals surface area contributed by atoms with Crippen molar-refractivity contribution < 1.29 is 14.7 Å². The molecule has 0 saturated carbocycles. The lowest BCUT2D eigenvalue weighted by molar-refractivity contribution is -0.0400. The molecule has 2 aliphatic heterocycles. The number of nitrogens with one attached hydrogen (secondary N) is 1. The van der Waals surface area contributed by atoms with Crippen LogP contribution < -0.4 is 5.32 Å². The Morgan fingerprint density at radius 2 is 2.00 bits per heavy atom. The Labute approximate surface area is 134 Å². The molecule has 21 heavy (non-hydrogen) atoms. The average Bonchev–Trinajstić information content (AvgIpc) is 2.83. The summed E-state index contributed by atoms with van der Waals surface area (Å²) in [5.41, 5.74) is 1.49. The molecule has 2 N–H and O–H groups in total. The third kappa shape index (κ3) is 3.64. The van der Waals surface area contributed by atoms with E-state index < -0.39 is 5.97 Å². The Bertz CT molecular complexity index is 528. The van der Waals surface area contributed by atoms with E-state index in [2.05, 4.69) is 15.5 Å². The molecule has 1 aromatic heterocycles. The van der Waals surface area contributed by atoms with Gasteiger partial charge in [-0.05, 0) is 25.2 Å².